The smallest absolute Gasteiger partial charge is 0.164 e. The van der Waals surface area contributed by atoms with Crippen LogP contribution < -0.4 is 4.90 Å². The fraction of sp³-hybridized carbons (Fsp3) is 0.292. The maximum Gasteiger partial charge on any atom is 0.164 e. The quantitative estimate of drug-likeness (QED) is 0.556. The number of anilines is 1. The summed E-state index contributed by atoms with van der Waals surface area (Å²) < 4.78 is 2.21. The number of hydrogen-bond donors (Lipinski definition) is 0. The highest BCUT2D eigenvalue weighted by molar-refractivity contribution is 6.32. The van der Waals surface area contributed by atoms with Gasteiger partial charge in [0.2, 0.25) is 0 Å². The van der Waals surface area contributed by atoms with Crippen LogP contribution in [-0.4, -0.2) is 26.3 Å². The monoisotopic (exact) mass is 415 g/mol. The number of pyridine rings is 1. The van der Waals surface area contributed by atoms with E-state index in [1.165, 1.54) is 37.0 Å². The molecule has 5 nitrogen and oxygen atoms in total. The van der Waals surface area contributed by atoms with Crippen LogP contribution in [-0.2, 0) is 0 Å². The van der Waals surface area contributed by atoms with Crippen molar-refractivity contribution in [2.45, 2.75) is 31.7 Å². The van der Waals surface area contributed by atoms with Gasteiger partial charge in [-0.25, -0.2) is 0 Å². The summed E-state index contributed by atoms with van der Waals surface area (Å²) in [5, 5.41) is 9.44. The van der Waals surface area contributed by atoms with E-state index in [1.807, 2.05) is 30.9 Å². The van der Waals surface area contributed by atoms with Crippen LogP contribution >= 0.6 is 11.6 Å². The second kappa shape index (κ2) is 7.10. The average molecular weight is 416 g/mol. The molecule has 150 valence electrons. The van der Waals surface area contributed by atoms with Crippen LogP contribution in [0.3, 0.4) is 0 Å². The van der Waals surface area contributed by atoms with E-state index in [1.54, 1.807) is 0 Å². The lowest BCUT2D eigenvalue weighted by Gasteiger charge is -2.33. The van der Waals surface area contributed by atoms with Gasteiger partial charge >= 0.3 is 0 Å². The first-order chi connectivity index (χ1) is 14.8. The predicted octanol–water partition coefficient (Wildman–Crippen LogP) is 5.44. The van der Waals surface area contributed by atoms with Crippen LogP contribution in [0.15, 0.2) is 71.9 Å². The molecule has 30 heavy (non-hydrogen) atoms. The zero-order chi connectivity index (χ0) is 20.1. The van der Waals surface area contributed by atoms with Gasteiger partial charge in [-0.2, -0.15) is 0 Å². The normalized spacial score (nSPS) is 19.2. The molecule has 3 aliphatic rings. The number of rotatable bonds is 5. The SMILES string of the molecule is ClC1=C(C2CC2)N(c2cccc(-c3nncn3C3CC3)c2)CC(c2ccncc2)=C1. The van der Waals surface area contributed by atoms with Gasteiger partial charge in [0.05, 0.1) is 5.03 Å². The second-order valence-electron chi connectivity index (χ2n) is 8.34. The Morgan fingerprint density at radius 2 is 1.80 bits per heavy atom. The summed E-state index contributed by atoms with van der Waals surface area (Å²) in [5.74, 6) is 1.50. The van der Waals surface area contributed by atoms with Crippen molar-refractivity contribution in [3.05, 3.63) is 77.5 Å². The summed E-state index contributed by atoms with van der Waals surface area (Å²) in [6, 6.07) is 13.3. The maximum absolute atomic E-state index is 6.84. The van der Waals surface area contributed by atoms with Gasteiger partial charge in [-0.3, -0.25) is 4.98 Å². The first-order valence-corrected chi connectivity index (χ1v) is 10.9. The molecule has 6 rings (SSSR count). The molecule has 2 saturated carbocycles. The summed E-state index contributed by atoms with van der Waals surface area (Å²) in [6.45, 7) is 0.796. The van der Waals surface area contributed by atoms with Gasteiger partial charge < -0.3 is 9.47 Å². The van der Waals surface area contributed by atoms with Gasteiger partial charge in [-0.15, -0.1) is 10.2 Å². The molecule has 2 fully saturated rings. The van der Waals surface area contributed by atoms with Crippen molar-refractivity contribution in [2.75, 3.05) is 11.4 Å². The minimum Gasteiger partial charge on any atom is -0.339 e. The van der Waals surface area contributed by atoms with Crippen LogP contribution in [0.2, 0.25) is 0 Å². The Labute approximate surface area is 180 Å². The largest absolute Gasteiger partial charge is 0.339 e. The van der Waals surface area contributed by atoms with Crippen molar-refractivity contribution in [3.8, 4) is 11.4 Å². The summed E-state index contributed by atoms with van der Waals surface area (Å²) in [6.07, 6.45) is 12.5. The Morgan fingerprint density at radius 1 is 0.967 bits per heavy atom. The first kappa shape index (κ1) is 17.9. The summed E-state index contributed by atoms with van der Waals surface area (Å²) in [4.78, 5) is 6.54. The van der Waals surface area contributed by atoms with Crippen molar-refractivity contribution in [2.24, 2.45) is 5.92 Å². The van der Waals surface area contributed by atoms with Gasteiger partial charge in [0.15, 0.2) is 5.82 Å². The fourth-order valence-electron chi connectivity index (χ4n) is 4.28. The van der Waals surface area contributed by atoms with E-state index in [4.69, 9.17) is 11.6 Å². The van der Waals surface area contributed by atoms with Crippen LogP contribution in [0.5, 0.6) is 0 Å². The highest BCUT2D eigenvalue weighted by Gasteiger charge is 2.35. The third-order valence-electron chi connectivity index (χ3n) is 6.11. The van der Waals surface area contributed by atoms with E-state index >= 15 is 0 Å². The van der Waals surface area contributed by atoms with Gasteiger partial charge in [0, 0.05) is 47.8 Å². The summed E-state index contributed by atoms with van der Waals surface area (Å²) in [7, 11) is 0. The fourth-order valence-corrected chi connectivity index (χ4v) is 4.67. The minimum absolute atomic E-state index is 0.547. The molecule has 1 aromatic carbocycles. The Kier molecular flexibility index (Phi) is 4.23. The highest BCUT2D eigenvalue weighted by Crippen LogP contribution is 2.46. The molecule has 3 aromatic rings. The number of nitrogens with zero attached hydrogens (tertiary/aromatic N) is 5. The van der Waals surface area contributed by atoms with Gasteiger partial charge in [0.25, 0.3) is 0 Å². The lowest BCUT2D eigenvalue weighted by Crippen LogP contribution is -2.29. The third kappa shape index (κ3) is 3.23. The van der Waals surface area contributed by atoms with E-state index in [2.05, 4.69) is 55.0 Å². The van der Waals surface area contributed by atoms with Crippen LogP contribution in [0, 0.1) is 5.92 Å². The summed E-state index contributed by atoms with van der Waals surface area (Å²) in [5.41, 5.74) is 5.86. The van der Waals surface area contributed by atoms with E-state index in [9.17, 15) is 0 Å². The zero-order valence-electron chi connectivity index (χ0n) is 16.6. The Hall–Kier alpha value is -2.92. The molecule has 0 bridgehead atoms. The summed E-state index contributed by atoms with van der Waals surface area (Å²) >= 11 is 6.84. The number of allylic oxidation sites excluding steroid dienone is 3. The van der Waals surface area contributed by atoms with Crippen molar-refractivity contribution < 1.29 is 0 Å². The average Bonchev–Trinajstić information content (AvgIpc) is 3.73. The molecule has 0 radical (unpaired) electrons. The molecule has 2 aromatic heterocycles. The molecular formula is C24H22ClN5. The van der Waals surface area contributed by atoms with Crippen LogP contribution in [0.25, 0.3) is 17.0 Å². The van der Waals surface area contributed by atoms with E-state index in [-0.39, 0.29) is 0 Å². The van der Waals surface area contributed by atoms with Crippen molar-refractivity contribution >= 4 is 22.9 Å². The highest BCUT2D eigenvalue weighted by atomic mass is 35.5. The van der Waals surface area contributed by atoms with Crippen molar-refractivity contribution in [1.29, 1.82) is 0 Å². The van der Waals surface area contributed by atoms with E-state index < -0.39 is 0 Å². The zero-order valence-corrected chi connectivity index (χ0v) is 17.3. The number of benzene rings is 1. The van der Waals surface area contributed by atoms with Gasteiger partial charge in [0.1, 0.15) is 6.33 Å². The third-order valence-corrected chi connectivity index (χ3v) is 6.41. The standard InChI is InChI=1S/C24H22ClN5/c25-22-13-19(16-8-10-26-11-9-16)14-29(23(22)17-4-5-17)21-3-1-2-18(12-21)24-28-27-15-30(24)20-6-7-20/h1-3,8-13,15,17,20H,4-7,14H2. The number of hydrogen-bond acceptors (Lipinski definition) is 4. The van der Waals surface area contributed by atoms with Crippen molar-refractivity contribution in [3.63, 3.8) is 0 Å². The molecule has 0 spiro atoms. The Balaban J connectivity index is 1.40. The lowest BCUT2D eigenvalue weighted by atomic mass is 10.00. The Bertz CT molecular complexity index is 1160. The molecule has 6 heteroatoms. The first-order valence-electron chi connectivity index (χ1n) is 10.6. The topological polar surface area (TPSA) is 46.8 Å². The number of aromatic nitrogens is 4. The lowest BCUT2D eigenvalue weighted by molar-refractivity contribution is 0.746. The molecule has 2 aliphatic carbocycles. The van der Waals surface area contributed by atoms with Gasteiger partial charge in [-0.1, -0.05) is 23.7 Å². The second-order valence-corrected chi connectivity index (χ2v) is 8.75. The molecule has 0 atom stereocenters. The van der Waals surface area contributed by atoms with Crippen molar-refractivity contribution in [1.82, 2.24) is 19.7 Å². The number of halogens is 1. The molecule has 0 saturated heterocycles. The maximum atomic E-state index is 6.84. The van der Waals surface area contributed by atoms with Crippen LogP contribution in [0.1, 0.15) is 37.3 Å². The molecule has 0 unspecified atom stereocenters. The minimum atomic E-state index is 0.547. The molecule has 3 heterocycles. The molecule has 0 N–H and O–H groups in total. The van der Waals surface area contributed by atoms with E-state index in [0.29, 0.717) is 12.0 Å². The predicted molar refractivity (Wildman–Crippen MR) is 119 cm³/mol. The van der Waals surface area contributed by atoms with E-state index in [0.717, 1.165) is 34.2 Å². The Morgan fingerprint density at radius 3 is 2.57 bits per heavy atom. The molecule has 1 aliphatic heterocycles. The molecule has 0 amide bonds. The molecular weight excluding hydrogens is 394 g/mol. The van der Waals surface area contributed by atoms with Crippen LogP contribution in [0.4, 0.5) is 5.69 Å². The van der Waals surface area contributed by atoms with Gasteiger partial charge in [-0.05, 0) is 67.2 Å².